The average molecular weight is 272 g/mol. The lowest BCUT2D eigenvalue weighted by molar-refractivity contribution is -0.678. The highest BCUT2D eigenvalue weighted by Crippen LogP contribution is 2.19. The SMILES string of the molecule is Cc1nsc(-c2cc[n+](CS(=O)(=O)O)cc2)n1. The molecule has 8 heteroatoms. The summed E-state index contributed by atoms with van der Waals surface area (Å²) in [6, 6.07) is 3.45. The second kappa shape index (κ2) is 4.47. The number of nitrogens with zero attached hydrogens (tertiary/aromatic N) is 3. The van der Waals surface area contributed by atoms with Gasteiger partial charge in [-0.2, -0.15) is 17.4 Å². The van der Waals surface area contributed by atoms with E-state index in [1.807, 2.05) is 0 Å². The Balaban J connectivity index is 2.24. The quantitative estimate of drug-likeness (QED) is 0.655. The summed E-state index contributed by atoms with van der Waals surface area (Å²) < 4.78 is 35.5. The first-order valence-corrected chi connectivity index (χ1v) is 7.07. The number of aryl methyl sites for hydroxylation is 1. The van der Waals surface area contributed by atoms with Crippen molar-refractivity contribution in [3.05, 3.63) is 30.4 Å². The summed E-state index contributed by atoms with van der Waals surface area (Å²) in [6.07, 6.45) is 3.14. The Labute approximate surface area is 102 Å². The van der Waals surface area contributed by atoms with Crippen LogP contribution in [0.5, 0.6) is 0 Å². The second-order valence-electron chi connectivity index (χ2n) is 3.46. The molecule has 17 heavy (non-hydrogen) atoms. The molecular formula is C9H10N3O3S2+. The minimum atomic E-state index is -4.01. The van der Waals surface area contributed by atoms with Gasteiger partial charge in [0.1, 0.15) is 10.8 Å². The summed E-state index contributed by atoms with van der Waals surface area (Å²) in [5, 5.41) is 0.779. The molecule has 0 aliphatic carbocycles. The Bertz CT molecular complexity index is 619. The van der Waals surface area contributed by atoms with Crippen molar-refractivity contribution in [2.75, 3.05) is 0 Å². The van der Waals surface area contributed by atoms with E-state index >= 15 is 0 Å². The van der Waals surface area contributed by atoms with Gasteiger partial charge >= 0.3 is 10.1 Å². The van der Waals surface area contributed by atoms with Crippen molar-refractivity contribution in [3.63, 3.8) is 0 Å². The van der Waals surface area contributed by atoms with Crippen LogP contribution in [0.2, 0.25) is 0 Å². The molecule has 1 N–H and O–H groups in total. The summed E-state index contributed by atoms with van der Waals surface area (Å²) in [6.45, 7) is 1.81. The third-order valence-corrected chi connectivity index (χ3v) is 3.46. The Kier molecular flexibility index (Phi) is 3.18. The molecule has 0 aromatic carbocycles. The fourth-order valence-corrected chi connectivity index (χ4v) is 2.51. The van der Waals surface area contributed by atoms with Crippen LogP contribution in [0.1, 0.15) is 5.82 Å². The summed E-state index contributed by atoms with van der Waals surface area (Å²) in [4.78, 5) is 4.22. The van der Waals surface area contributed by atoms with E-state index in [0.29, 0.717) is 5.82 Å². The van der Waals surface area contributed by atoms with Gasteiger partial charge in [-0.15, -0.1) is 0 Å². The van der Waals surface area contributed by atoms with Gasteiger partial charge in [0.25, 0.3) is 5.88 Å². The predicted molar refractivity (Wildman–Crippen MR) is 61.8 cm³/mol. The predicted octanol–water partition coefficient (Wildman–Crippen LogP) is 0.646. The first kappa shape index (κ1) is 12.1. The van der Waals surface area contributed by atoms with Gasteiger partial charge in [0.2, 0.25) is 0 Å². The van der Waals surface area contributed by atoms with Gasteiger partial charge in [-0.3, -0.25) is 4.55 Å². The summed E-state index contributed by atoms with van der Waals surface area (Å²) in [5.74, 6) is 0.252. The number of hydrogen-bond donors (Lipinski definition) is 1. The van der Waals surface area contributed by atoms with Gasteiger partial charge in [0, 0.05) is 17.7 Å². The Morgan fingerprint density at radius 2 is 2.06 bits per heavy atom. The maximum Gasteiger partial charge on any atom is 0.326 e. The lowest BCUT2D eigenvalue weighted by Gasteiger charge is -1.95. The molecule has 2 aromatic rings. The molecule has 0 amide bonds. The molecule has 0 aliphatic heterocycles. The molecule has 0 aliphatic rings. The van der Waals surface area contributed by atoms with E-state index in [1.54, 1.807) is 31.5 Å². The van der Waals surface area contributed by atoms with Gasteiger partial charge in [-0.1, -0.05) is 0 Å². The molecule has 2 rings (SSSR count). The van der Waals surface area contributed by atoms with E-state index in [-0.39, 0.29) is 0 Å². The van der Waals surface area contributed by atoms with Crippen LogP contribution in [-0.2, 0) is 16.0 Å². The van der Waals surface area contributed by atoms with Crippen molar-refractivity contribution < 1.29 is 17.5 Å². The largest absolute Gasteiger partial charge is 0.326 e. The topological polar surface area (TPSA) is 84.0 Å². The minimum Gasteiger partial charge on any atom is -0.281 e. The summed E-state index contributed by atoms with van der Waals surface area (Å²) in [7, 11) is -4.01. The highest BCUT2D eigenvalue weighted by atomic mass is 32.2. The van der Waals surface area contributed by atoms with Crippen LogP contribution in [-0.4, -0.2) is 22.3 Å². The Morgan fingerprint density at radius 1 is 1.41 bits per heavy atom. The van der Waals surface area contributed by atoms with Crippen LogP contribution in [0, 0.1) is 6.92 Å². The van der Waals surface area contributed by atoms with Crippen molar-refractivity contribution in [1.29, 1.82) is 0 Å². The van der Waals surface area contributed by atoms with Gasteiger partial charge in [0.15, 0.2) is 12.4 Å². The lowest BCUT2D eigenvalue weighted by atomic mass is 10.3. The maximum atomic E-state index is 10.7. The molecule has 0 saturated carbocycles. The van der Waals surface area contributed by atoms with Crippen LogP contribution < -0.4 is 4.57 Å². The molecule has 6 nitrogen and oxygen atoms in total. The zero-order valence-corrected chi connectivity index (χ0v) is 10.6. The third-order valence-electron chi connectivity index (χ3n) is 1.98. The molecule has 0 atom stereocenters. The van der Waals surface area contributed by atoms with Crippen molar-refractivity contribution in [2.45, 2.75) is 12.8 Å². The standard InChI is InChI=1S/C9H9N3O3S2/c1-7-10-9(16-11-7)8-2-4-12(5-3-8)6-17(13,14)15/h2-5H,6H2,1H3/p+1. The Hall–Kier alpha value is -1.38. The van der Waals surface area contributed by atoms with Gasteiger partial charge < -0.3 is 0 Å². The van der Waals surface area contributed by atoms with Crippen LogP contribution in [0.25, 0.3) is 10.6 Å². The van der Waals surface area contributed by atoms with Crippen LogP contribution in [0.3, 0.4) is 0 Å². The highest BCUT2D eigenvalue weighted by molar-refractivity contribution is 7.84. The first-order chi connectivity index (χ1) is 7.94. The maximum absolute atomic E-state index is 10.7. The van der Waals surface area contributed by atoms with Crippen molar-refractivity contribution in [1.82, 2.24) is 9.36 Å². The van der Waals surface area contributed by atoms with Gasteiger partial charge in [0.05, 0.1) is 0 Å². The molecule has 0 radical (unpaired) electrons. The summed E-state index contributed by atoms with van der Waals surface area (Å²) in [5.41, 5.74) is 0.863. The molecular weight excluding hydrogens is 262 g/mol. The molecule has 2 aromatic heterocycles. The summed E-state index contributed by atoms with van der Waals surface area (Å²) >= 11 is 1.28. The molecule has 0 saturated heterocycles. The molecule has 0 bridgehead atoms. The molecule has 90 valence electrons. The average Bonchev–Trinajstić information content (AvgIpc) is 2.63. The zero-order valence-electron chi connectivity index (χ0n) is 8.94. The van der Waals surface area contributed by atoms with E-state index in [2.05, 4.69) is 9.36 Å². The highest BCUT2D eigenvalue weighted by Gasteiger charge is 2.13. The Morgan fingerprint density at radius 3 is 2.53 bits per heavy atom. The monoisotopic (exact) mass is 272 g/mol. The van der Waals surface area contributed by atoms with Crippen molar-refractivity contribution in [3.8, 4) is 10.6 Å². The van der Waals surface area contributed by atoms with Crippen LogP contribution >= 0.6 is 11.5 Å². The fourth-order valence-electron chi connectivity index (χ4n) is 1.29. The number of aromatic nitrogens is 3. The molecule has 2 heterocycles. The van der Waals surface area contributed by atoms with Gasteiger partial charge in [-0.25, -0.2) is 4.98 Å². The molecule has 0 fully saturated rings. The van der Waals surface area contributed by atoms with Gasteiger partial charge in [-0.05, 0) is 18.5 Å². The number of rotatable bonds is 3. The smallest absolute Gasteiger partial charge is 0.281 e. The lowest BCUT2D eigenvalue weighted by Crippen LogP contribution is -2.36. The number of pyridine rings is 1. The number of hydrogen-bond acceptors (Lipinski definition) is 5. The van der Waals surface area contributed by atoms with Crippen molar-refractivity contribution in [2.24, 2.45) is 0 Å². The third kappa shape index (κ3) is 3.29. The van der Waals surface area contributed by atoms with E-state index in [9.17, 15) is 8.42 Å². The minimum absolute atomic E-state index is 0.456. The first-order valence-electron chi connectivity index (χ1n) is 4.69. The van der Waals surface area contributed by atoms with Crippen LogP contribution in [0.4, 0.5) is 0 Å². The van der Waals surface area contributed by atoms with E-state index in [0.717, 1.165) is 10.6 Å². The van der Waals surface area contributed by atoms with E-state index in [4.69, 9.17) is 4.55 Å². The molecule has 0 unspecified atom stereocenters. The van der Waals surface area contributed by atoms with E-state index < -0.39 is 16.0 Å². The zero-order chi connectivity index (χ0) is 12.5. The molecule has 0 spiro atoms. The second-order valence-corrected chi connectivity index (χ2v) is 5.63. The van der Waals surface area contributed by atoms with Crippen molar-refractivity contribution >= 4 is 21.7 Å². The normalized spacial score (nSPS) is 11.6. The van der Waals surface area contributed by atoms with Crippen LogP contribution in [0.15, 0.2) is 24.5 Å². The van der Waals surface area contributed by atoms with E-state index in [1.165, 1.54) is 16.1 Å². The fraction of sp³-hybridized carbons (Fsp3) is 0.222.